The molecule has 1 heterocycles. The number of hydrogen-bond donors (Lipinski definition) is 2. The number of hydrogen-bond acceptors (Lipinski definition) is 4. The summed E-state index contributed by atoms with van der Waals surface area (Å²) in [6.45, 7) is 2.26. The van der Waals surface area contributed by atoms with Crippen LogP contribution in [0.4, 0.5) is 5.00 Å². The zero-order chi connectivity index (χ0) is 16.2. The SMILES string of the molecule is C[C@@H](NCC(=O)Nc1sc2c(c1C#N)CCC2)c1ccccc1. The van der Waals surface area contributed by atoms with E-state index in [1.54, 1.807) is 11.3 Å². The number of nitriles is 1. The summed E-state index contributed by atoms with van der Waals surface area (Å²) in [6, 6.07) is 12.4. The van der Waals surface area contributed by atoms with Gasteiger partial charge in [-0.1, -0.05) is 30.3 Å². The number of aryl methyl sites for hydroxylation is 1. The van der Waals surface area contributed by atoms with Crippen LogP contribution in [0.25, 0.3) is 0 Å². The fraction of sp³-hybridized carbons (Fsp3) is 0.333. The van der Waals surface area contributed by atoms with Crippen molar-refractivity contribution in [3.05, 3.63) is 51.9 Å². The third-order valence-corrected chi connectivity index (χ3v) is 5.36. The zero-order valence-electron chi connectivity index (χ0n) is 13.1. The van der Waals surface area contributed by atoms with E-state index >= 15 is 0 Å². The summed E-state index contributed by atoms with van der Waals surface area (Å²) >= 11 is 1.55. The molecule has 23 heavy (non-hydrogen) atoms. The van der Waals surface area contributed by atoms with Crippen LogP contribution in [0.15, 0.2) is 30.3 Å². The van der Waals surface area contributed by atoms with Crippen molar-refractivity contribution in [1.29, 1.82) is 5.26 Å². The highest BCUT2D eigenvalue weighted by Gasteiger charge is 2.23. The molecular weight excluding hydrogens is 306 g/mol. The molecule has 2 N–H and O–H groups in total. The lowest BCUT2D eigenvalue weighted by molar-refractivity contribution is -0.115. The normalized spacial score (nSPS) is 14.1. The highest BCUT2D eigenvalue weighted by atomic mass is 32.1. The van der Waals surface area contributed by atoms with E-state index in [9.17, 15) is 10.1 Å². The fourth-order valence-corrected chi connectivity index (χ4v) is 4.14. The standard InChI is InChI=1S/C18H19N3OS/c1-12(13-6-3-2-4-7-13)20-11-17(22)21-18-15(10-19)14-8-5-9-16(14)23-18/h2-4,6-7,12,20H,5,8-9,11H2,1H3,(H,21,22)/t12-/m1/s1. The second-order valence-corrected chi connectivity index (χ2v) is 6.84. The van der Waals surface area contributed by atoms with Gasteiger partial charge in [-0.25, -0.2) is 0 Å². The van der Waals surface area contributed by atoms with Gasteiger partial charge in [-0.2, -0.15) is 5.26 Å². The Hall–Kier alpha value is -2.16. The Morgan fingerprint density at radius 1 is 1.35 bits per heavy atom. The molecule has 1 atom stereocenters. The molecule has 4 nitrogen and oxygen atoms in total. The lowest BCUT2D eigenvalue weighted by atomic mass is 10.1. The van der Waals surface area contributed by atoms with E-state index in [0.717, 1.165) is 30.4 Å². The molecule has 1 aromatic carbocycles. The van der Waals surface area contributed by atoms with E-state index in [4.69, 9.17) is 0 Å². The first-order valence-electron chi connectivity index (χ1n) is 7.82. The molecule has 0 radical (unpaired) electrons. The number of anilines is 1. The average molecular weight is 325 g/mol. The minimum absolute atomic E-state index is 0.103. The number of nitrogens with one attached hydrogen (secondary N) is 2. The fourth-order valence-electron chi connectivity index (χ4n) is 2.89. The van der Waals surface area contributed by atoms with Crippen molar-refractivity contribution in [3.63, 3.8) is 0 Å². The van der Waals surface area contributed by atoms with Crippen molar-refractivity contribution in [2.24, 2.45) is 0 Å². The second-order valence-electron chi connectivity index (χ2n) is 5.73. The van der Waals surface area contributed by atoms with Gasteiger partial charge < -0.3 is 10.6 Å². The van der Waals surface area contributed by atoms with Gasteiger partial charge in [0, 0.05) is 10.9 Å². The molecule has 0 bridgehead atoms. The predicted molar refractivity (Wildman–Crippen MR) is 92.5 cm³/mol. The summed E-state index contributed by atoms with van der Waals surface area (Å²) in [5.74, 6) is -0.107. The number of amides is 1. The van der Waals surface area contributed by atoms with E-state index in [1.165, 1.54) is 4.88 Å². The number of carbonyl (C=O) groups excluding carboxylic acids is 1. The number of rotatable bonds is 5. The molecule has 1 aliphatic carbocycles. The van der Waals surface area contributed by atoms with Crippen molar-refractivity contribution >= 4 is 22.2 Å². The van der Waals surface area contributed by atoms with Gasteiger partial charge in [0.15, 0.2) is 0 Å². The summed E-state index contributed by atoms with van der Waals surface area (Å²) < 4.78 is 0. The number of nitrogens with zero attached hydrogens (tertiary/aromatic N) is 1. The molecule has 1 aromatic heterocycles. The summed E-state index contributed by atoms with van der Waals surface area (Å²) in [6.07, 6.45) is 3.09. The number of carbonyl (C=O) groups is 1. The summed E-state index contributed by atoms with van der Waals surface area (Å²) in [4.78, 5) is 13.4. The van der Waals surface area contributed by atoms with E-state index in [-0.39, 0.29) is 18.5 Å². The maximum atomic E-state index is 12.2. The number of thiophene rings is 1. The Morgan fingerprint density at radius 3 is 2.87 bits per heavy atom. The summed E-state index contributed by atoms with van der Waals surface area (Å²) in [5.41, 5.74) is 2.94. The van der Waals surface area contributed by atoms with Gasteiger partial charge in [-0.15, -0.1) is 11.3 Å². The van der Waals surface area contributed by atoms with Crippen LogP contribution in [-0.2, 0) is 17.6 Å². The van der Waals surface area contributed by atoms with Gasteiger partial charge in [0.2, 0.25) is 5.91 Å². The van der Waals surface area contributed by atoms with Gasteiger partial charge in [-0.05, 0) is 37.3 Å². The lowest BCUT2D eigenvalue weighted by Gasteiger charge is -2.13. The van der Waals surface area contributed by atoms with E-state index in [1.807, 2.05) is 37.3 Å². The van der Waals surface area contributed by atoms with Crippen molar-refractivity contribution in [2.75, 3.05) is 11.9 Å². The molecule has 0 spiro atoms. The smallest absolute Gasteiger partial charge is 0.238 e. The first-order chi connectivity index (χ1) is 11.2. The van der Waals surface area contributed by atoms with Crippen LogP contribution in [0.1, 0.15) is 41.0 Å². The van der Waals surface area contributed by atoms with Gasteiger partial charge in [0.05, 0.1) is 12.1 Å². The second kappa shape index (κ2) is 6.95. The van der Waals surface area contributed by atoms with Crippen molar-refractivity contribution in [1.82, 2.24) is 5.32 Å². The Labute approximate surface area is 140 Å². The van der Waals surface area contributed by atoms with Crippen LogP contribution in [0.2, 0.25) is 0 Å². The van der Waals surface area contributed by atoms with Crippen LogP contribution in [0.5, 0.6) is 0 Å². The Morgan fingerprint density at radius 2 is 2.13 bits per heavy atom. The monoisotopic (exact) mass is 325 g/mol. The predicted octanol–water partition coefficient (Wildman–Crippen LogP) is 3.40. The average Bonchev–Trinajstić information content (AvgIpc) is 3.14. The summed E-state index contributed by atoms with van der Waals surface area (Å²) in [5, 5.41) is 16.2. The maximum Gasteiger partial charge on any atom is 0.238 e. The minimum Gasteiger partial charge on any atom is -0.315 e. The highest BCUT2D eigenvalue weighted by Crippen LogP contribution is 2.38. The molecule has 118 valence electrons. The maximum absolute atomic E-state index is 12.2. The zero-order valence-corrected chi connectivity index (χ0v) is 13.9. The molecule has 1 aliphatic rings. The van der Waals surface area contributed by atoms with Crippen LogP contribution in [0, 0.1) is 11.3 Å². The first-order valence-corrected chi connectivity index (χ1v) is 8.63. The molecular formula is C18H19N3OS. The van der Waals surface area contributed by atoms with Crippen LogP contribution >= 0.6 is 11.3 Å². The molecule has 5 heteroatoms. The van der Waals surface area contributed by atoms with Gasteiger partial charge in [-0.3, -0.25) is 4.79 Å². The summed E-state index contributed by atoms with van der Waals surface area (Å²) in [7, 11) is 0. The third kappa shape index (κ3) is 3.44. The van der Waals surface area contributed by atoms with E-state index in [2.05, 4.69) is 16.7 Å². The number of fused-ring (bicyclic) bond motifs is 1. The van der Waals surface area contributed by atoms with Gasteiger partial charge in [0.1, 0.15) is 11.1 Å². The minimum atomic E-state index is -0.107. The van der Waals surface area contributed by atoms with Crippen LogP contribution in [-0.4, -0.2) is 12.5 Å². The van der Waals surface area contributed by atoms with Crippen molar-refractivity contribution in [3.8, 4) is 6.07 Å². The molecule has 1 amide bonds. The lowest BCUT2D eigenvalue weighted by Crippen LogP contribution is -2.30. The molecule has 0 aliphatic heterocycles. The van der Waals surface area contributed by atoms with Gasteiger partial charge >= 0.3 is 0 Å². The van der Waals surface area contributed by atoms with E-state index < -0.39 is 0 Å². The topological polar surface area (TPSA) is 64.9 Å². The molecule has 0 saturated heterocycles. The van der Waals surface area contributed by atoms with Crippen molar-refractivity contribution < 1.29 is 4.79 Å². The first kappa shape index (κ1) is 15.7. The molecule has 0 unspecified atom stereocenters. The molecule has 0 saturated carbocycles. The quantitative estimate of drug-likeness (QED) is 0.885. The Kier molecular flexibility index (Phi) is 4.75. The number of benzene rings is 1. The van der Waals surface area contributed by atoms with Crippen LogP contribution < -0.4 is 10.6 Å². The molecule has 0 fully saturated rings. The van der Waals surface area contributed by atoms with Crippen molar-refractivity contribution in [2.45, 2.75) is 32.2 Å². The largest absolute Gasteiger partial charge is 0.315 e. The third-order valence-electron chi connectivity index (χ3n) is 4.15. The van der Waals surface area contributed by atoms with Gasteiger partial charge in [0.25, 0.3) is 0 Å². The molecule has 3 rings (SSSR count). The van der Waals surface area contributed by atoms with E-state index in [0.29, 0.717) is 10.6 Å². The highest BCUT2D eigenvalue weighted by molar-refractivity contribution is 7.16. The Balaban J connectivity index is 1.59. The Bertz CT molecular complexity index is 746. The molecule has 2 aromatic rings. The van der Waals surface area contributed by atoms with Crippen LogP contribution in [0.3, 0.4) is 0 Å².